The molecule has 1 fully saturated rings. The molecule has 5 nitrogen and oxygen atoms in total. The molecule has 1 aliphatic heterocycles. The van der Waals surface area contributed by atoms with Crippen LogP contribution in [0.1, 0.15) is 29.5 Å². The van der Waals surface area contributed by atoms with Gasteiger partial charge in [0.05, 0.1) is 6.10 Å². The van der Waals surface area contributed by atoms with Gasteiger partial charge in [-0.05, 0) is 56.4 Å². The van der Waals surface area contributed by atoms with Gasteiger partial charge in [-0.25, -0.2) is 5.84 Å². The van der Waals surface area contributed by atoms with Gasteiger partial charge in [-0.15, -0.1) is 0 Å². The highest BCUT2D eigenvalue weighted by atomic mass is 16.5. The molecule has 2 unspecified atom stereocenters. The van der Waals surface area contributed by atoms with Crippen LogP contribution in [0.3, 0.4) is 0 Å². The van der Waals surface area contributed by atoms with Crippen LogP contribution in [0.5, 0.6) is 5.75 Å². The number of amides is 1. The highest BCUT2D eigenvalue weighted by molar-refractivity contribution is 5.80. The molecule has 1 saturated heterocycles. The predicted octanol–water partition coefficient (Wildman–Crippen LogP) is 1.53. The Kier molecular flexibility index (Phi) is 4.62. The summed E-state index contributed by atoms with van der Waals surface area (Å²) in [7, 11) is 0. The summed E-state index contributed by atoms with van der Waals surface area (Å²) in [6.45, 7) is 6.62. The zero-order valence-corrected chi connectivity index (χ0v) is 12.2. The quantitative estimate of drug-likeness (QED) is 0.497. The number of hydrazine groups is 1. The van der Waals surface area contributed by atoms with Crippen molar-refractivity contribution in [1.29, 1.82) is 0 Å². The summed E-state index contributed by atoms with van der Waals surface area (Å²) >= 11 is 0. The summed E-state index contributed by atoms with van der Waals surface area (Å²) in [4.78, 5) is 11.4. The lowest BCUT2D eigenvalue weighted by Gasteiger charge is -2.16. The van der Waals surface area contributed by atoms with E-state index in [-0.39, 0.29) is 12.0 Å². The minimum Gasteiger partial charge on any atom is -0.491 e. The Labute approximate surface area is 119 Å². The second-order valence-electron chi connectivity index (χ2n) is 5.35. The van der Waals surface area contributed by atoms with E-state index >= 15 is 0 Å². The van der Waals surface area contributed by atoms with Gasteiger partial charge in [0.25, 0.3) is 5.91 Å². The minimum atomic E-state index is -0.450. The van der Waals surface area contributed by atoms with E-state index in [4.69, 9.17) is 15.3 Å². The number of carbonyl (C=O) groups excluding carboxylic acids is 1. The minimum absolute atomic E-state index is 0.0579. The second-order valence-corrected chi connectivity index (χ2v) is 5.35. The van der Waals surface area contributed by atoms with Crippen LogP contribution in [0, 0.1) is 20.8 Å². The highest BCUT2D eigenvalue weighted by Gasteiger charge is 2.30. The third-order valence-corrected chi connectivity index (χ3v) is 3.73. The lowest BCUT2D eigenvalue weighted by molar-refractivity contribution is -0.132. The van der Waals surface area contributed by atoms with E-state index < -0.39 is 6.10 Å². The molecule has 0 bridgehead atoms. The van der Waals surface area contributed by atoms with Crippen LogP contribution in [0.2, 0.25) is 0 Å². The maximum Gasteiger partial charge on any atom is 0.263 e. The molecule has 20 heavy (non-hydrogen) atoms. The van der Waals surface area contributed by atoms with Crippen molar-refractivity contribution in [1.82, 2.24) is 5.43 Å². The van der Waals surface area contributed by atoms with E-state index in [1.165, 1.54) is 11.1 Å². The summed E-state index contributed by atoms with van der Waals surface area (Å²) in [5, 5.41) is 0. The van der Waals surface area contributed by atoms with Crippen molar-refractivity contribution in [2.24, 2.45) is 5.84 Å². The predicted molar refractivity (Wildman–Crippen MR) is 76.4 cm³/mol. The van der Waals surface area contributed by atoms with Crippen molar-refractivity contribution in [3.8, 4) is 5.75 Å². The Balaban J connectivity index is 1.92. The fourth-order valence-corrected chi connectivity index (χ4v) is 2.45. The van der Waals surface area contributed by atoms with Crippen LogP contribution >= 0.6 is 0 Å². The maximum absolute atomic E-state index is 11.4. The van der Waals surface area contributed by atoms with E-state index in [2.05, 4.69) is 18.4 Å². The number of hydrogen-bond acceptors (Lipinski definition) is 4. The molecule has 1 aromatic carbocycles. The van der Waals surface area contributed by atoms with Crippen molar-refractivity contribution < 1.29 is 14.3 Å². The Hall–Kier alpha value is -1.59. The molecule has 0 aliphatic carbocycles. The smallest absolute Gasteiger partial charge is 0.263 e. The van der Waals surface area contributed by atoms with E-state index in [0.29, 0.717) is 13.0 Å². The van der Waals surface area contributed by atoms with Crippen molar-refractivity contribution in [2.75, 3.05) is 6.61 Å². The number of hydrogen-bond donors (Lipinski definition) is 2. The molecule has 110 valence electrons. The van der Waals surface area contributed by atoms with Gasteiger partial charge in [0.1, 0.15) is 18.5 Å². The van der Waals surface area contributed by atoms with Gasteiger partial charge in [-0.1, -0.05) is 6.07 Å². The zero-order chi connectivity index (χ0) is 14.7. The summed E-state index contributed by atoms with van der Waals surface area (Å²) in [6.07, 6.45) is 0.983. The van der Waals surface area contributed by atoms with Crippen LogP contribution in [-0.2, 0) is 9.53 Å². The number of nitrogens with two attached hydrogens (primary N) is 1. The zero-order valence-electron chi connectivity index (χ0n) is 12.2. The average Bonchev–Trinajstić information content (AvgIpc) is 2.89. The number of carbonyl (C=O) groups is 1. The summed E-state index contributed by atoms with van der Waals surface area (Å²) < 4.78 is 11.5. The fourth-order valence-electron chi connectivity index (χ4n) is 2.45. The summed E-state index contributed by atoms with van der Waals surface area (Å²) in [5.74, 6) is 5.72. The Morgan fingerprint density at radius 2 is 2.15 bits per heavy atom. The standard InChI is InChI=1S/C15H22N2O3/c1-9-6-10(2)11(3)14(7-9)19-8-12-4-5-13(20-12)15(18)17-16/h6-7,12-13H,4-5,8,16H2,1-3H3,(H,17,18). The molecular weight excluding hydrogens is 256 g/mol. The first kappa shape index (κ1) is 14.8. The van der Waals surface area contributed by atoms with Gasteiger partial charge < -0.3 is 9.47 Å². The molecule has 2 rings (SSSR count). The first-order valence-corrected chi connectivity index (χ1v) is 6.88. The SMILES string of the molecule is Cc1cc(C)c(C)c(OCC2CCC(C(=O)NN)O2)c1. The monoisotopic (exact) mass is 278 g/mol. The molecular formula is C15H22N2O3. The van der Waals surface area contributed by atoms with Crippen molar-refractivity contribution in [3.63, 3.8) is 0 Å². The number of nitrogens with one attached hydrogen (secondary N) is 1. The Morgan fingerprint density at radius 3 is 2.85 bits per heavy atom. The van der Waals surface area contributed by atoms with Gasteiger partial charge in [0.2, 0.25) is 0 Å². The lowest BCUT2D eigenvalue weighted by atomic mass is 10.1. The first-order chi connectivity index (χ1) is 9.51. The van der Waals surface area contributed by atoms with E-state index in [1.54, 1.807) is 0 Å². The largest absolute Gasteiger partial charge is 0.491 e. The normalized spacial score (nSPS) is 21.8. The second kappa shape index (κ2) is 6.24. The van der Waals surface area contributed by atoms with Crippen LogP contribution in [0.25, 0.3) is 0 Å². The average molecular weight is 278 g/mol. The molecule has 1 aliphatic rings. The molecule has 0 radical (unpaired) electrons. The van der Waals surface area contributed by atoms with E-state index in [9.17, 15) is 4.79 Å². The van der Waals surface area contributed by atoms with Crippen LogP contribution in [-0.4, -0.2) is 24.7 Å². The van der Waals surface area contributed by atoms with Gasteiger partial charge >= 0.3 is 0 Å². The summed E-state index contributed by atoms with van der Waals surface area (Å²) in [6, 6.07) is 4.16. The third-order valence-electron chi connectivity index (χ3n) is 3.73. The Bertz CT molecular complexity index is 502. The van der Waals surface area contributed by atoms with Crippen LogP contribution < -0.4 is 16.0 Å². The fraction of sp³-hybridized carbons (Fsp3) is 0.533. The maximum atomic E-state index is 11.4. The molecule has 5 heteroatoms. The van der Waals surface area contributed by atoms with Crippen molar-refractivity contribution >= 4 is 5.91 Å². The van der Waals surface area contributed by atoms with E-state index in [0.717, 1.165) is 17.7 Å². The molecule has 0 aromatic heterocycles. The molecule has 1 amide bonds. The van der Waals surface area contributed by atoms with Gasteiger partial charge in [-0.3, -0.25) is 10.2 Å². The number of benzene rings is 1. The molecule has 1 heterocycles. The number of rotatable bonds is 4. The number of aryl methyl sites for hydroxylation is 2. The molecule has 0 saturated carbocycles. The van der Waals surface area contributed by atoms with Crippen molar-refractivity contribution in [2.45, 2.75) is 45.8 Å². The van der Waals surface area contributed by atoms with Gasteiger partial charge in [0.15, 0.2) is 0 Å². The molecule has 0 spiro atoms. The summed E-state index contributed by atoms with van der Waals surface area (Å²) in [5.41, 5.74) is 5.66. The molecule has 2 atom stereocenters. The van der Waals surface area contributed by atoms with E-state index in [1.807, 2.05) is 19.9 Å². The molecule has 3 N–H and O–H groups in total. The van der Waals surface area contributed by atoms with Crippen LogP contribution in [0.4, 0.5) is 0 Å². The third kappa shape index (κ3) is 3.29. The topological polar surface area (TPSA) is 73.6 Å². The molecule has 1 aromatic rings. The lowest BCUT2D eigenvalue weighted by Crippen LogP contribution is -2.39. The van der Waals surface area contributed by atoms with Gasteiger partial charge in [-0.2, -0.15) is 0 Å². The number of ether oxygens (including phenoxy) is 2. The van der Waals surface area contributed by atoms with Crippen molar-refractivity contribution in [3.05, 3.63) is 28.8 Å². The highest BCUT2D eigenvalue weighted by Crippen LogP contribution is 2.25. The van der Waals surface area contributed by atoms with Gasteiger partial charge in [0, 0.05) is 0 Å². The first-order valence-electron chi connectivity index (χ1n) is 6.88. The Morgan fingerprint density at radius 1 is 1.40 bits per heavy atom. The van der Waals surface area contributed by atoms with Crippen LogP contribution in [0.15, 0.2) is 12.1 Å².